The molecule has 1 aromatic carbocycles. The molecular formula is C18H31IN4O2. The summed E-state index contributed by atoms with van der Waals surface area (Å²) in [5.74, 6) is 0.838. The van der Waals surface area contributed by atoms with Gasteiger partial charge < -0.3 is 20.3 Å². The molecule has 142 valence electrons. The van der Waals surface area contributed by atoms with Crippen LogP contribution >= 0.6 is 24.0 Å². The number of hydrogen-bond donors (Lipinski definition) is 2. The normalized spacial score (nSPS) is 10.8. The van der Waals surface area contributed by atoms with E-state index in [-0.39, 0.29) is 29.9 Å². The van der Waals surface area contributed by atoms with E-state index in [0.29, 0.717) is 6.54 Å². The first-order chi connectivity index (χ1) is 11.7. The first kappa shape index (κ1) is 23.6. The number of nitrogens with one attached hydrogen (secondary N) is 2. The minimum Gasteiger partial charge on any atom is -0.385 e. The zero-order valence-electron chi connectivity index (χ0n) is 15.7. The van der Waals surface area contributed by atoms with Crippen LogP contribution < -0.4 is 10.6 Å². The summed E-state index contributed by atoms with van der Waals surface area (Å²) in [5, 5.41) is 6.49. The van der Waals surface area contributed by atoms with Crippen LogP contribution in [0.4, 0.5) is 0 Å². The van der Waals surface area contributed by atoms with Crippen molar-refractivity contribution in [3.8, 4) is 0 Å². The predicted molar refractivity (Wildman–Crippen MR) is 114 cm³/mol. The third-order valence-electron chi connectivity index (χ3n) is 3.75. The molecule has 1 aromatic rings. The highest BCUT2D eigenvalue weighted by Gasteiger charge is 2.11. The number of rotatable bonds is 9. The number of guanidine groups is 1. The van der Waals surface area contributed by atoms with E-state index in [1.807, 2.05) is 43.0 Å². The van der Waals surface area contributed by atoms with Crippen LogP contribution in [0.3, 0.4) is 0 Å². The molecule has 0 saturated heterocycles. The van der Waals surface area contributed by atoms with Gasteiger partial charge in [-0.05, 0) is 38.0 Å². The fourth-order valence-corrected chi connectivity index (χ4v) is 2.29. The molecule has 0 spiro atoms. The Hall–Kier alpha value is -1.35. The Labute approximate surface area is 168 Å². The van der Waals surface area contributed by atoms with E-state index in [0.717, 1.165) is 49.7 Å². The van der Waals surface area contributed by atoms with Gasteiger partial charge >= 0.3 is 0 Å². The number of aliphatic imine (C=N–C) groups is 1. The molecule has 0 heterocycles. The Morgan fingerprint density at radius 3 is 2.32 bits per heavy atom. The van der Waals surface area contributed by atoms with E-state index in [2.05, 4.69) is 15.6 Å². The monoisotopic (exact) mass is 462 g/mol. The van der Waals surface area contributed by atoms with Gasteiger partial charge in [0, 0.05) is 52.5 Å². The number of ether oxygens (including phenoxy) is 1. The van der Waals surface area contributed by atoms with Crippen molar-refractivity contribution in [3.05, 3.63) is 35.4 Å². The summed E-state index contributed by atoms with van der Waals surface area (Å²) in [7, 11) is 3.44. The maximum atomic E-state index is 12.3. The summed E-state index contributed by atoms with van der Waals surface area (Å²) < 4.78 is 5.02. The highest BCUT2D eigenvalue weighted by atomic mass is 127. The molecule has 0 saturated carbocycles. The summed E-state index contributed by atoms with van der Waals surface area (Å²) in [6.07, 6.45) is 0.930. The van der Waals surface area contributed by atoms with Crippen molar-refractivity contribution in [1.29, 1.82) is 0 Å². The van der Waals surface area contributed by atoms with Crippen LogP contribution in [0.25, 0.3) is 0 Å². The van der Waals surface area contributed by atoms with E-state index >= 15 is 0 Å². The fourth-order valence-electron chi connectivity index (χ4n) is 2.29. The highest BCUT2D eigenvalue weighted by molar-refractivity contribution is 14.0. The molecular weight excluding hydrogens is 431 g/mol. The third kappa shape index (κ3) is 8.53. The molecule has 6 nitrogen and oxygen atoms in total. The average Bonchev–Trinajstić information content (AvgIpc) is 2.62. The predicted octanol–water partition coefficient (Wildman–Crippen LogP) is 2.49. The Bertz CT molecular complexity index is 516. The van der Waals surface area contributed by atoms with Crippen LogP contribution in [0.5, 0.6) is 0 Å². The largest absolute Gasteiger partial charge is 0.385 e. The number of halogens is 1. The molecule has 0 aliphatic heterocycles. The average molecular weight is 462 g/mol. The SMILES string of the molecule is CCN(CC)C(=O)c1ccc(CNC(=NC)NCCCOC)cc1.I. The Balaban J connectivity index is 0.00000576. The zero-order chi connectivity index (χ0) is 17.8. The summed E-state index contributed by atoms with van der Waals surface area (Å²) in [6.45, 7) is 7.63. The molecule has 0 fully saturated rings. The van der Waals surface area contributed by atoms with Gasteiger partial charge in [0.05, 0.1) is 0 Å². The van der Waals surface area contributed by atoms with Crippen molar-refractivity contribution in [2.24, 2.45) is 4.99 Å². The third-order valence-corrected chi connectivity index (χ3v) is 3.75. The zero-order valence-corrected chi connectivity index (χ0v) is 18.0. The second-order valence-corrected chi connectivity index (χ2v) is 5.37. The number of carbonyl (C=O) groups is 1. The fraction of sp³-hybridized carbons (Fsp3) is 0.556. The quantitative estimate of drug-likeness (QED) is 0.256. The summed E-state index contributed by atoms with van der Waals surface area (Å²) in [4.78, 5) is 18.3. The van der Waals surface area contributed by atoms with Crippen molar-refractivity contribution < 1.29 is 9.53 Å². The molecule has 0 aromatic heterocycles. The molecule has 0 aliphatic rings. The lowest BCUT2D eigenvalue weighted by atomic mass is 10.1. The Morgan fingerprint density at radius 1 is 1.16 bits per heavy atom. The van der Waals surface area contributed by atoms with Gasteiger partial charge in [-0.1, -0.05) is 12.1 Å². The van der Waals surface area contributed by atoms with Crippen LogP contribution in [0.2, 0.25) is 0 Å². The molecule has 2 N–H and O–H groups in total. The van der Waals surface area contributed by atoms with Crippen molar-refractivity contribution in [1.82, 2.24) is 15.5 Å². The standard InChI is InChI=1S/C18H30N4O2.HI/c1-5-22(6-2)17(23)16-10-8-15(9-11-16)14-21-18(19-3)20-12-7-13-24-4;/h8-11H,5-7,12-14H2,1-4H3,(H2,19,20,21);1H. The Kier molecular flexibility index (Phi) is 13.1. The lowest BCUT2D eigenvalue weighted by Crippen LogP contribution is -2.37. The van der Waals surface area contributed by atoms with Gasteiger partial charge in [0.2, 0.25) is 0 Å². The summed E-state index contributed by atoms with van der Waals surface area (Å²) in [6, 6.07) is 7.71. The van der Waals surface area contributed by atoms with Gasteiger partial charge in [0.15, 0.2) is 5.96 Å². The van der Waals surface area contributed by atoms with Crippen LogP contribution in [-0.4, -0.2) is 57.2 Å². The topological polar surface area (TPSA) is 66.0 Å². The minimum absolute atomic E-state index is 0. The van der Waals surface area contributed by atoms with Crippen molar-refractivity contribution in [3.63, 3.8) is 0 Å². The number of nitrogens with zero attached hydrogens (tertiary/aromatic N) is 2. The second kappa shape index (κ2) is 13.9. The maximum Gasteiger partial charge on any atom is 0.253 e. The molecule has 0 radical (unpaired) electrons. The van der Waals surface area contributed by atoms with Gasteiger partial charge in [-0.25, -0.2) is 0 Å². The van der Waals surface area contributed by atoms with Gasteiger partial charge in [-0.2, -0.15) is 0 Å². The van der Waals surface area contributed by atoms with Crippen LogP contribution in [0.15, 0.2) is 29.3 Å². The lowest BCUT2D eigenvalue weighted by molar-refractivity contribution is 0.0773. The van der Waals surface area contributed by atoms with Gasteiger partial charge in [0.1, 0.15) is 0 Å². The molecule has 0 unspecified atom stereocenters. The maximum absolute atomic E-state index is 12.3. The molecule has 1 amide bonds. The summed E-state index contributed by atoms with van der Waals surface area (Å²) in [5.41, 5.74) is 1.83. The van der Waals surface area contributed by atoms with Crippen LogP contribution in [0, 0.1) is 0 Å². The first-order valence-electron chi connectivity index (χ1n) is 8.47. The molecule has 0 aliphatic carbocycles. The number of hydrogen-bond acceptors (Lipinski definition) is 3. The molecule has 7 heteroatoms. The van der Waals surface area contributed by atoms with E-state index in [1.165, 1.54) is 0 Å². The van der Waals surface area contributed by atoms with E-state index in [4.69, 9.17) is 4.74 Å². The van der Waals surface area contributed by atoms with Crippen molar-refractivity contribution >= 4 is 35.8 Å². The van der Waals surface area contributed by atoms with Crippen molar-refractivity contribution in [2.45, 2.75) is 26.8 Å². The molecule has 1 rings (SSSR count). The second-order valence-electron chi connectivity index (χ2n) is 5.37. The Morgan fingerprint density at radius 2 is 1.80 bits per heavy atom. The number of amides is 1. The molecule has 25 heavy (non-hydrogen) atoms. The van der Waals surface area contributed by atoms with Gasteiger partial charge in [-0.3, -0.25) is 9.79 Å². The number of carbonyl (C=O) groups excluding carboxylic acids is 1. The van der Waals surface area contributed by atoms with Gasteiger partial charge in [0.25, 0.3) is 5.91 Å². The number of methoxy groups -OCH3 is 1. The smallest absolute Gasteiger partial charge is 0.253 e. The summed E-state index contributed by atoms with van der Waals surface area (Å²) >= 11 is 0. The lowest BCUT2D eigenvalue weighted by Gasteiger charge is -2.18. The van der Waals surface area contributed by atoms with E-state index in [9.17, 15) is 4.79 Å². The van der Waals surface area contributed by atoms with Gasteiger partial charge in [-0.15, -0.1) is 24.0 Å². The minimum atomic E-state index is 0. The molecule has 0 bridgehead atoms. The van der Waals surface area contributed by atoms with E-state index in [1.54, 1.807) is 14.2 Å². The van der Waals surface area contributed by atoms with Crippen molar-refractivity contribution in [2.75, 3.05) is 40.4 Å². The van der Waals surface area contributed by atoms with Crippen LogP contribution in [-0.2, 0) is 11.3 Å². The van der Waals surface area contributed by atoms with E-state index < -0.39 is 0 Å². The highest BCUT2D eigenvalue weighted by Crippen LogP contribution is 2.08. The first-order valence-corrected chi connectivity index (χ1v) is 8.47. The molecule has 0 atom stereocenters. The van der Waals surface area contributed by atoms with Crippen LogP contribution in [0.1, 0.15) is 36.2 Å². The number of benzene rings is 1.